The van der Waals surface area contributed by atoms with Crippen LogP contribution in [0.3, 0.4) is 0 Å². The molecule has 1 saturated carbocycles. The van der Waals surface area contributed by atoms with E-state index in [1.807, 2.05) is 31.2 Å². The quantitative estimate of drug-likeness (QED) is 0.407. The summed E-state index contributed by atoms with van der Waals surface area (Å²) in [6, 6.07) is 14.0. The number of anilines is 2. The van der Waals surface area contributed by atoms with Gasteiger partial charge in [-0.15, -0.1) is 0 Å². The number of aryl methyl sites for hydroxylation is 1. The number of nitrogens with zero attached hydrogens (tertiary/aromatic N) is 2. The Morgan fingerprint density at radius 3 is 2.03 bits per heavy atom. The van der Waals surface area contributed by atoms with Crippen molar-refractivity contribution in [2.75, 3.05) is 16.3 Å². The zero-order valence-corrected chi connectivity index (χ0v) is 18.5. The molecule has 3 atom stereocenters. The molecule has 7 heteroatoms. The standard InChI is InChI=1S/C26H26N2O5/c1-16-6-8-18(9-7-16)27-15-17(14-23(27)29)26(32)33-20-12-10-19(11-13-20)28-24(30)21-4-2-3-5-22(21)25(28)31/h6-13,17,21-22H,2-5,14-15H2,1H3/t17-,21-,22+/m1/s1. The molecular weight excluding hydrogens is 420 g/mol. The van der Waals surface area contributed by atoms with Crippen LogP contribution >= 0.6 is 0 Å². The molecule has 2 aliphatic heterocycles. The predicted octanol–water partition coefficient (Wildman–Crippen LogP) is 3.63. The van der Waals surface area contributed by atoms with Gasteiger partial charge in [-0.1, -0.05) is 30.5 Å². The van der Waals surface area contributed by atoms with E-state index in [0.29, 0.717) is 11.4 Å². The predicted molar refractivity (Wildman–Crippen MR) is 122 cm³/mol. The molecule has 3 aliphatic rings. The molecule has 0 aromatic heterocycles. The molecule has 0 N–H and O–H groups in total. The molecule has 0 unspecified atom stereocenters. The van der Waals surface area contributed by atoms with Gasteiger partial charge < -0.3 is 9.64 Å². The maximum absolute atomic E-state index is 12.8. The number of carbonyl (C=O) groups excluding carboxylic acids is 4. The number of imide groups is 1. The monoisotopic (exact) mass is 446 g/mol. The van der Waals surface area contributed by atoms with Gasteiger partial charge in [0, 0.05) is 18.7 Å². The molecule has 1 aliphatic carbocycles. The van der Waals surface area contributed by atoms with Crippen LogP contribution in [0.15, 0.2) is 48.5 Å². The smallest absolute Gasteiger partial charge is 0.316 e. The Labute approximate surface area is 192 Å². The fourth-order valence-electron chi connectivity index (χ4n) is 5.12. The Hall–Kier alpha value is -3.48. The number of hydrogen-bond acceptors (Lipinski definition) is 5. The van der Waals surface area contributed by atoms with Gasteiger partial charge in [-0.05, 0) is 56.2 Å². The maximum atomic E-state index is 12.8. The second-order valence-corrected chi connectivity index (χ2v) is 9.17. The first kappa shape index (κ1) is 21.4. The fraction of sp³-hybridized carbons (Fsp3) is 0.385. The van der Waals surface area contributed by atoms with E-state index in [9.17, 15) is 19.2 Å². The Balaban J connectivity index is 1.24. The number of esters is 1. The van der Waals surface area contributed by atoms with Gasteiger partial charge in [0.25, 0.3) is 0 Å². The van der Waals surface area contributed by atoms with Crippen molar-refractivity contribution in [2.45, 2.75) is 39.0 Å². The van der Waals surface area contributed by atoms with E-state index in [0.717, 1.165) is 36.9 Å². The van der Waals surface area contributed by atoms with Crippen LogP contribution in [0, 0.1) is 24.7 Å². The molecule has 5 rings (SSSR count). The van der Waals surface area contributed by atoms with Crippen molar-refractivity contribution in [2.24, 2.45) is 17.8 Å². The summed E-state index contributed by atoms with van der Waals surface area (Å²) < 4.78 is 5.51. The van der Waals surface area contributed by atoms with E-state index in [1.54, 1.807) is 29.2 Å². The summed E-state index contributed by atoms with van der Waals surface area (Å²) in [5, 5.41) is 0. The Morgan fingerprint density at radius 1 is 0.848 bits per heavy atom. The van der Waals surface area contributed by atoms with Crippen LogP contribution in [0.2, 0.25) is 0 Å². The normalized spacial score (nSPS) is 24.9. The van der Waals surface area contributed by atoms with Crippen LogP contribution in [0.4, 0.5) is 11.4 Å². The van der Waals surface area contributed by atoms with E-state index in [4.69, 9.17) is 4.74 Å². The lowest BCUT2D eigenvalue weighted by Gasteiger charge is -2.19. The molecule has 2 aromatic carbocycles. The fourth-order valence-corrected chi connectivity index (χ4v) is 5.12. The molecular formula is C26H26N2O5. The van der Waals surface area contributed by atoms with Crippen molar-refractivity contribution in [3.8, 4) is 5.75 Å². The Morgan fingerprint density at radius 2 is 1.42 bits per heavy atom. The maximum Gasteiger partial charge on any atom is 0.316 e. The molecule has 2 heterocycles. The average molecular weight is 447 g/mol. The van der Waals surface area contributed by atoms with Gasteiger partial charge in [0.1, 0.15) is 5.75 Å². The van der Waals surface area contributed by atoms with E-state index in [2.05, 4.69) is 0 Å². The van der Waals surface area contributed by atoms with E-state index in [-0.39, 0.29) is 42.5 Å². The minimum absolute atomic E-state index is 0.102. The number of fused-ring (bicyclic) bond motifs is 1. The largest absolute Gasteiger partial charge is 0.426 e. The van der Waals surface area contributed by atoms with Crippen molar-refractivity contribution in [3.05, 3.63) is 54.1 Å². The summed E-state index contributed by atoms with van der Waals surface area (Å²) in [6.45, 7) is 2.25. The average Bonchev–Trinajstić information content (AvgIpc) is 3.33. The molecule has 0 bridgehead atoms. The highest BCUT2D eigenvalue weighted by atomic mass is 16.5. The molecule has 2 saturated heterocycles. The van der Waals surface area contributed by atoms with Crippen LogP contribution in [0.1, 0.15) is 37.7 Å². The van der Waals surface area contributed by atoms with Gasteiger partial charge in [-0.25, -0.2) is 0 Å². The number of rotatable bonds is 4. The number of hydrogen-bond donors (Lipinski definition) is 0. The van der Waals surface area contributed by atoms with Gasteiger partial charge in [-0.3, -0.25) is 24.1 Å². The van der Waals surface area contributed by atoms with Crippen molar-refractivity contribution in [3.63, 3.8) is 0 Å². The summed E-state index contributed by atoms with van der Waals surface area (Å²) in [5.41, 5.74) is 2.37. The molecule has 3 amide bonds. The van der Waals surface area contributed by atoms with Crippen molar-refractivity contribution < 1.29 is 23.9 Å². The van der Waals surface area contributed by atoms with Crippen LogP contribution in [0.5, 0.6) is 5.75 Å². The van der Waals surface area contributed by atoms with E-state index >= 15 is 0 Å². The number of amides is 3. The highest BCUT2D eigenvalue weighted by Gasteiger charge is 2.48. The zero-order valence-electron chi connectivity index (χ0n) is 18.5. The molecule has 2 aromatic rings. The highest BCUT2D eigenvalue weighted by molar-refractivity contribution is 6.22. The lowest BCUT2D eigenvalue weighted by Crippen LogP contribution is -2.30. The molecule has 7 nitrogen and oxygen atoms in total. The molecule has 33 heavy (non-hydrogen) atoms. The molecule has 170 valence electrons. The van der Waals surface area contributed by atoms with Gasteiger partial charge in [0.15, 0.2) is 0 Å². The van der Waals surface area contributed by atoms with Gasteiger partial charge in [0.05, 0.1) is 23.4 Å². The van der Waals surface area contributed by atoms with Crippen LogP contribution in [-0.4, -0.2) is 30.2 Å². The van der Waals surface area contributed by atoms with Gasteiger partial charge in [-0.2, -0.15) is 0 Å². The summed E-state index contributed by atoms with van der Waals surface area (Å²) in [4.78, 5) is 53.5. The van der Waals surface area contributed by atoms with Crippen LogP contribution in [0.25, 0.3) is 0 Å². The van der Waals surface area contributed by atoms with Crippen LogP contribution in [-0.2, 0) is 19.2 Å². The van der Waals surface area contributed by atoms with Crippen molar-refractivity contribution in [1.82, 2.24) is 0 Å². The summed E-state index contributed by atoms with van der Waals surface area (Å²) in [6.07, 6.45) is 3.59. The number of carbonyl (C=O) groups is 4. The first-order valence-electron chi connectivity index (χ1n) is 11.5. The summed E-state index contributed by atoms with van der Waals surface area (Å²) in [5.74, 6) is -1.48. The summed E-state index contributed by atoms with van der Waals surface area (Å²) in [7, 11) is 0. The lowest BCUT2D eigenvalue weighted by atomic mass is 9.81. The summed E-state index contributed by atoms with van der Waals surface area (Å²) >= 11 is 0. The number of ether oxygens (including phenoxy) is 1. The van der Waals surface area contributed by atoms with Gasteiger partial charge in [0.2, 0.25) is 17.7 Å². The molecule has 0 spiro atoms. The zero-order chi connectivity index (χ0) is 23.1. The molecule has 3 fully saturated rings. The Kier molecular flexibility index (Phi) is 5.48. The SMILES string of the molecule is Cc1ccc(N2C[C@H](C(=O)Oc3ccc(N4C(=O)[C@H]5CCCC[C@H]5C4=O)cc3)CC2=O)cc1. The third-order valence-electron chi connectivity index (χ3n) is 6.96. The van der Waals surface area contributed by atoms with E-state index < -0.39 is 11.9 Å². The molecule has 0 radical (unpaired) electrons. The minimum atomic E-state index is -0.552. The number of benzene rings is 2. The first-order chi connectivity index (χ1) is 15.9. The second kappa shape index (κ2) is 8.46. The second-order valence-electron chi connectivity index (χ2n) is 9.17. The highest BCUT2D eigenvalue weighted by Crippen LogP contribution is 2.40. The van der Waals surface area contributed by atoms with Gasteiger partial charge >= 0.3 is 5.97 Å². The van der Waals surface area contributed by atoms with Crippen LogP contribution < -0.4 is 14.5 Å². The lowest BCUT2D eigenvalue weighted by molar-refractivity contribution is -0.139. The third-order valence-corrected chi connectivity index (χ3v) is 6.96. The minimum Gasteiger partial charge on any atom is -0.426 e. The van der Waals surface area contributed by atoms with Crippen molar-refractivity contribution in [1.29, 1.82) is 0 Å². The van der Waals surface area contributed by atoms with E-state index in [1.165, 1.54) is 4.90 Å². The first-order valence-corrected chi connectivity index (χ1v) is 11.5. The third kappa shape index (κ3) is 3.92. The Bertz CT molecular complexity index is 1080. The topological polar surface area (TPSA) is 84.0 Å². The van der Waals surface area contributed by atoms with Crippen molar-refractivity contribution >= 4 is 35.1 Å².